The van der Waals surface area contributed by atoms with Crippen molar-refractivity contribution in [3.8, 4) is 0 Å². The van der Waals surface area contributed by atoms with E-state index in [1.807, 2.05) is 91.9 Å². The number of ether oxygens (including phenoxy) is 2. The molecule has 3 amide bonds. The Kier molecular flexibility index (Phi) is 10.1. The molecule has 10 nitrogen and oxygen atoms in total. The summed E-state index contributed by atoms with van der Waals surface area (Å²) in [4.78, 5) is 30.4. The maximum atomic E-state index is 13.4. The summed E-state index contributed by atoms with van der Waals surface area (Å²) in [6.07, 6.45) is 0.0738. The van der Waals surface area contributed by atoms with Crippen LogP contribution >= 0.6 is 0 Å². The molecule has 0 radical (unpaired) electrons. The molecule has 50 heavy (non-hydrogen) atoms. The Morgan fingerprint density at radius 1 is 0.880 bits per heavy atom. The first-order chi connectivity index (χ1) is 24.5. The smallest absolute Gasteiger partial charge is 0.319 e. The van der Waals surface area contributed by atoms with Crippen LogP contribution in [0.2, 0.25) is 0 Å². The van der Waals surface area contributed by atoms with Gasteiger partial charge in [-0.3, -0.25) is 4.79 Å². The van der Waals surface area contributed by atoms with Crippen LogP contribution in [0.4, 0.5) is 16.2 Å². The Bertz CT molecular complexity index is 1750. The summed E-state index contributed by atoms with van der Waals surface area (Å²) in [5.41, 5.74) is 4.85. The fraction of sp³-hybridized carbons (Fsp3) is 0.350. The standard InChI is InChI=1S/C40H45N5O5/c1-2-41-39(48)43-32-13-9-12-31(24-32)37-49-34(35(29-10-5-3-6-11-29)36(50-37)30-18-16-28(26-46)17-19-30)25-44-22-20-40(21-23-44)38(47)42-27-45(40)33-14-7-4-8-15-33/h3-19,24,34-37,46H,2,20-23,25-27H2,1H3,(H,42,47)(H2,41,43,48). The number of aliphatic hydroxyl groups excluding tert-OH is 1. The van der Waals surface area contributed by atoms with Gasteiger partial charge in [-0.15, -0.1) is 0 Å². The molecule has 0 aliphatic carbocycles. The van der Waals surface area contributed by atoms with E-state index in [1.54, 1.807) is 0 Å². The number of nitrogens with one attached hydrogen (secondary N) is 3. The Hall–Kier alpha value is -4.74. The normalized spacial score (nSPS) is 23.4. The van der Waals surface area contributed by atoms with Crippen LogP contribution < -0.4 is 20.9 Å². The van der Waals surface area contributed by atoms with Gasteiger partial charge in [0.05, 0.1) is 25.5 Å². The molecule has 0 saturated carbocycles. The van der Waals surface area contributed by atoms with Gasteiger partial charge in [-0.05, 0) is 60.7 Å². The Labute approximate surface area is 293 Å². The highest BCUT2D eigenvalue weighted by Gasteiger charge is 2.51. The number of rotatable bonds is 9. The number of anilines is 2. The van der Waals surface area contributed by atoms with Crippen LogP contribution in [0.15, 0.2) is 109 Å². The molecule has 4 aromatic carbocycles. The second-order valence-electron chi connectivity index (χ2n) is 13.3. The highest BCUT2D eigenvalue weighted by molar-refractivity contribution is 5.93. The van der Waals surface area contributed by atoms with Gasteiger partial charge in [0, 0.05) is 49.0 Å². The van der Waals surface area contributed by atoms with Crippen LogP contribution in [0.3, 0.4) is 0 Å². The number of carbonyl (C=O) groups is 2. The number of benzene rings is 4. The fourth-order valence-electron chi connectivity index (χ4n) is 7.66. The molecule has 4 atom stereocenters. The Morgan fingerprint density at radius 2 is 1.58 bits per heavy atom. The van der Waals surface area contributed by atoms with Gasteiger partial charge in [-0.2, -0.15) is 0 Å². The van der Waals surface area contributed by atoms with Crippen molar-refractivity contribution in [2.75, 3.05) is 43.1 Å². The SMILES string of the molecule is CCNC(=O)Nc1cccc(C2OC(CN3CCC4(CC3)C(=O)NCN4c3ccccc3)C(c3ccccc3)C(c3ccc(CO)cc3)O2)c1. The van der Waals surface area contributed by atoms with E-state index in [-0.39, 0.29) is 36.7 Å². The number of hydrogen-bond acceptors (Lipinski definition) is 7. The highest BCUT2D eigenvalue weighted by atomic mass is 16.7. The van der Waals surface area contributed by atoms with Gasteiger partial charge in [0.15, 0.2) is 6.29 Å². The van der Waals surface area contributed by atoms with E-state index in [0.29, 0.717) is 38.3 Å². The third-order valence-corrected chi connectivity index (χ3v) is 10.3. The largest absolute Gasteiger partial charge is 0.392 e. The van der Waals surface area contributed by atoms with Gasteiger partial charge in [-0.25, -0.2) is 4.79 Å². The summed E-state index contributed by atoms with van der Waals surface area (Å²) < 4.78 is 13.8. The van der Waals surface area contributed by atoms with Crippen molar-refractivity contribution in [3.63, 3.8) is 0 Å². The van der Waals surface area contributed by atoms with Crippen LogP contribution in [0.25, 0.3) is 0 Å². The van der Waals surface area contributed by atoms with Gasteiger partial charge in [0.1, 0.15) is 5.54 Å². The number of likely N-dealkylation sites (tertiary alicyclic amines) is 1. The lowest BCUT2D eigenvalue weighted by molar-refractivity contribution is -0.264. The maximum Gasteiger partial charge on any atom is 0.319 e. The molecule has 10 heteroatoms. The summed E-state index contributed by atoms with van der Waals surface area (Å²) in [6.45, 7) is 4.99. The number of amides is 3. The predicted molar refractivity (Wildman–Crippen MR) is 192 cm³/mol. The van der Waals surface area contributed by atoms with E-state index in [2.05, 4.69) is 50.0 Å². The molecule has 1 spiro atoms. The molecule has 3 heterocycles. The Balaban J connectivity index is 1.19. The van der Waals surface area contributed by atoms with Crippen molar-refractivity contribution >= 4 is 23.3 Å². The van der Waals surface area contributed by atoms with Gasteiger partial charge in [0.25, 0.3) is 0 Å². The van der Waals surface area contributed by atoms with Crippen LogP contribution in [0, 0.1) is 0 Å². The summed E-state index contributed by atoms with van der Waals surface area (Å²) in [5, 5.41) is 18.6. The number of aliphatic hydroxyl groups is 1. The third-order valence-electron chi connectivity index (χ3n) is 10.3. The Morgan fingerprint density at radius 3 is 2.28 bits per heavy atom. The number of nitrogens with zero attached hydrogens (tertiary/aromatic N) is 2. The minimum atomic E-state index is -0.705. The zero-order valence-electron chi connectivity index (χ0n) is 28.3. The first kappa shape index (κ1) is 33.7. The highest BCUT2D eigenvalue weighted by Crippen LogP contribution is 2.48. The monoisotopic (exact) mass is 675 g/mol. The molecule has 260 valence electrons. The van der Waals surface area contributed by atoms with Crippen LogP contribution in [-0.2, 0) is 20.9 Å². The molecule has 7 rings (SSSR count). The lowest BCUT2D eigenvalue weighted by Crippen LogP contribution is -2.57. The second-order valence-corrected chi connectivity index (χ2v) is 13.3. The number of carbonyl (C=O) groups excluding carboxylic acids is 2. The van der Waals surface area contributed by atoms with E-state index >= 15 is 0 Å². The summed E-state index contributed by atoms with van der Waals surface area (Å²) in [5.74, 6) is -0.0476. The molecule has 3 aliphatic rings. The number of para-hydroxylation sites is 1. The van der Waals surface area contributed by atoms with Crippen molar-refractivity contribution in [3.05, 3.63) is 131 Å². The molecule has 3 aliphatic heterocycles. The molecule has 4 N–H and O–H groups in total. The van der Waals surface area contributed by atoms with Crippen molar-refractivity contribution in [2.45, 2.75) is 56.3 Å². The zero-order chi connectivity index (χ0) is 34.5. The molecule has 4 aromatic rings. The molecule has 3 fully saturated rings. The minimum absolute atomic E-state index is 0.0378. The quantitative estimate of drug-likeness (QED) is 0.180. The summed E-state index contributed by atoms with van der Waals surface area (Å²) >= 11 is 0. The number of hydrogen-bond donors (Lipinski definition) is 4. The van der Waals surface area contributed by atoms with Gasteiger partial charge >= 0.3 is 6.03 Å². The molecule has 3 saturated heterocycles. The van der Waals surface area contributed by atoms with Crippen molar-refractivity contribution in [2.24, 2.45) is 0 Å². The molecule has 0 bridgehead atoms. The van der Waals surface area contributed by atoms with Crippen molar-refractivity contribution in [1.29, 1.82) is 0 Å². The molecule has 0 aromatic heterocycles. The van der Waals surface area contributed by atoms with E-state index in [0.717, 1.165) is 41.0 Å². The molecular formula is C40H45N5O5. The average Bonchev–Trinajstić information content (AvgIpc) is 3.47. The lowest BCUT2D eigenvalue weighted by atomic mass is 9.82. The van der Waals surface area contributed by atoms with Crippen molar-refractivity contribution < 1.29 is 24.2 Å². The van der Waals surface area contributed by atoms with Crippen LogP contribution in [0.1, 0.15) is 60.3 Å². The van der Waals surface area contributed by atoms with Crippen molar-refractivity contribution in [1.82, 2.24) is 15.5 Å². The first-order valence-corrected chi connectivity index (χ1v) is 17.5. The van der Waals surface area contributed by atoms with Gasteiger partial charge in [-0.1, -0.05) is 84.9 Å². The van der Waals surface area contributed by atoms with E-state index < -0.39 is 11.8 Å². The summed E-state index contributed by atoms with van der Waals surface area (Å²) in [6, 6.07) is 35.8. The summed E-state index contributed by atoms with van der Waals surface area (Å²) in [7, 11) is 0. The van der Waals surface area contributed by atoms with Gasteiger partial charge in [0.2, 0.25) is 5.91 Å². The zero-order valence-corrected chi connectivity index (χ0v) is 28.3. The predicted octanol–water partition coefficient (Wildman–Crippen LogP) is 5.69. The maximum absolute atomic E-state index is 13.4. The third kappa shape index (κ3) is 6.97. The van der Waals surface area contributed by atoms with Crippen LogP contribution in [0.5, 0.6) is 0 Å². The minimum Gasteiger partial charge on any atom is -0.392 e. The second kappa shape index (κ2) is 15.0. The van der Waals surface area contributed by atoms with Gasteiger partial charge < -0.3 is 40.3 Å². The first-order valence-electron chi connectivity index (χ1n) is 17.5. The van der Waals surface area contributed by atoms with E-state index in [1.165, 1.54) is 0 Å². The lowest BCUT2D eigenvalue weighted by Gasteiger charge is -2.47. The van der Waals surface area contributed by atoms with E-state index in [4.69, 9.17) is 9.47 Å². The van der Waals surface area contributed by atoms with E-state index in [9.17, 15) is 14.7 Å². The molecular weight excluding hydrogens is 630 g/mol. The fourth-order valence-corrected chi connectivity index (χ4v) is 7.66. The number of piperidine rings is 1. The topological polar surface area (TPSA) is 115 Å². The van der Waals surface area contributed by atoms with Crippen LogP contribution in [-0.4, -0.2) is 66.4 Å². The average molecular weight is 676 g/mol. The molecule has 4 unspecified atom stereocenters. The number of urea groups is 1.